The van der Waals surface area contributed by atoms with E-state index in [2.05, 4.69) is 107 Å². The van der Waals surface area contributed by atoms with Crippen molar-refractivity contribution in [1.29, 1.82) is 0 Å². The number of fused-ring (bicyclic) bond motifs is 1. The summed E-state index contributed by atoms with van der Waals surface area (Å²) >= 11 is 0. The number of pyridine rings is 2. The molecular weight excluding hydrogens is 576 g/mol. The van der Waals surface area contributed by atoms with Gasteiger partial charge in [0.15, 0.2) is 5.82 Å². The summed E-state index contributed by atoms with van der Waals surface area (Å²) in [5, 5.41) is 10.8. The summed E-state index contributed by atoms with van der Waals surface area (Å²) < 4.78 is 2.09. The molecule has 0 aliphatic rings. The first-order valence-electron chi connectivity index (χ1n) is 15.6. The molecule has 3 heterocycles. The third-order valence-electron chi connectivity index (χ3n) is 8.56. The summed E-state index contributed by atoms with van der Waals surface area (Å²) in [6.07, 6.45) is 3.54. The zero-order chi connectivity index (χ0) is 31.7. The first-order valence-corrected chi connectivity index (χ1v) is 15.6. The van der Waals surface area contributed by atoms with Crippen LogP contribution >= 0.6 is 0 Å². The minimum Gasteiger partial charge on any atom is -0.493 e. The molecule has 1 N–H and O–H groups in total. The Morgan fingerprint density at radius 3 is 1.94 bits per heavy atom. The monoisotopic (exact) mass is 606 g/mol. The van der Waals surface area contributed by atoms with Crippen LogP contribution < -0.4 is 0 Å². The van der Waals surface area contributed by atoms with E-state index >= 15 is 0 Å². The third-order valence-corrected chi connectivity index (χ3v) is 8.56. The number of nitrogens with zero attached hydrogens (tertiary/aromatic N) is 4. The van der Waals surface area contributed by atoms with Crippen molar-refractivity contribution in [3.63, 3.8) is 0 Å². The molecule has 5 heteroatoms. The number of aromatic hydroxyl groups is 1. The number of para-hydroxylation sites is 2. The molecule has 0 amide bonds. The number of hydrogen-bond acceptors (Lipinski definition) is 4. The molecule has 0 unspecified atom stereocenters. The zero-order valence-corrected chi connectivity index (χ0v) is 25.7. The van der Waals surface area contributed by atoms with Crippen LogP contribution in [0, 0.1) is 6.92 Å². The molecule has 5 nitrogen and oxygen atoms in total. The highest BCUT2D eigenvalue weighted by atomic mass is 16.3. The molecule has 0 aliphatic heterocycles. The summed E-state index contributed by atoms with van der Waals surface area (Å²) in [5.74, 6) is 0.561. The van der Waals surface area contributed by atoms with E-state index in [1.54, 1.807) is 6.20 Å². The van der Waals surface area contributed by atoms with Crippen LogP contribution in [0.5, 0.6) is 5.88 Å². The van der Waals surface area contributed by atoms with E-state index in [9.17, 15) is 5.11 Å². The quantitative estimate of drug-likeness (QED) is 0.205. The second kappa shape index (κ2) is 11.9. The fourth-order valence-corrected chi connectivity index (χ4v) is 6.26. The number of rotatable bonds is 6. The van der Waals surface area contributed by atoms with Crippen molar-refractivity contribution in [3.8, 4) is 67.6 Å². The van der Waals surface area contributed by atoms with Gasteiger partial charge in [-0.3, -0.25) is 9.55 Å². The van der Waals surface area contributed by atoms with Gasteiger partial charge in [0.2, 0.25) is 5.88 Å². The Kier molecular flexibility index (Phi) is 7.12. The van der Waals surface area contributed by atoms with Crippen LogP contribution in [0.3, 0.4) is 0 Å². The molecule has 0 fully saturated rings. The summed E-state index contributed by atoms with van der Waals surface area (Å²) in [5.41, 5.74) is 12.8. The Hall–Kier alpha value is -6.33. The van der Waals surface area contributed by atoms with Crippen molar-refractivity contribution in [2.75, 3.05) is 0 Å². The number of hydrogen-bond donors (Lipinski definition) is 1. The third kappa shape index (κ3) is 5.24. The summed E-state index contributed by atoms with van der Waals surface area (Å²) in [7, 11) is 0. The Labute approximate surface area is 273 Å². The maximum atomic E-state index is 10.8. The maximum absolute atomic E-state index is 10.8. The van der Waals surface area contributed by atoms with Crippen LogP contribution in [-0.4, -0.2) is 24.6 Å². The predicted molar refractivity (Wildman–Crippen MR) is 190 cm³/mol. The standard InChI is InChI=1S/C42H30N4O/c1-28-27-44-38(26-37(28)30-15-7-3-8-16-30)33-24-31(29-13-5-2-6-14-29)23-32(25-33)35-19-11-21-39-40(35)45-41(36-20-12-22-43-42(36)47)46(39)34-17-9-4-10-18-34/h2-27H,1H3,(H,43,47). The lowest BCUT2D eigenvalue weighted by atomic mass is 9.93. The average molecular weight is 607 g/mol. The summed E-state index contributed by atoms with van der Waals surface area (Å²) in [4.78, 5) is 14.3. The van der Waals surface area contributed by atoms with Gasteiger partial charge in [-0.2, -0.15) is 0 Å². The van der Waals surface area contributed by atoms with Crippen molar-refractivity contribution < 1.29 is 5.11 Å². The van der Waals surface area contributed by atoms with E-state index in [0.29, 0.717) is 11.4 Å². The molecule has 0 spiro atoms. The van der Waals surface area contributed by atoms with Crippen LogP contribution in [-0.2, 0) is 0 Å². The van der Waals surface area contributed by atoms with Gasteiger partial charge in [0, 0.05) is 29.2 Å². The number of aromatic nitrogens is 4. The van der Waals surface area contributed by atoms with Gasteiger partial charge in [-0.15, -0.1) is 0 Å². The highest BCUT2D eigenvalue weighted by molar-refractivity contribution is 5.97. The SMILES string of the molecule is Cc1cnc(-c2cc(-c3ccccc3)cc(-c3cccc4c3nc(-c3cccnc3O)n4-c3ccccc3)c2)cc1-c1ccccc1. The Morgan fingerprint density at radius 1 is 0.532 bits per heavy atom. The minimum atomic E-state index is -0.0606. The lowest BCUT2D eigenvalue weighted by Crippen LogP contribution is -1.97. The molecular formula is C42H30N4O. The molecule has 0 atom stereocenters. The summed E-state index contributed by atoms with van der Waals surface area (Å²) in [6.45, 7) is 2.10. The zero-order valence-electron chi connectivity index (χ0n) is 25.7. The van der Waals surface area contributed by atoms with Gasteiger partial charge in [-0.05, 0) is 94.9 Å². The molecule has 3 aromatic heterocycles. The Morgan fingerprint density at radius 2 is 1.19 bits per heavy atom. The highest BCUT2D eigenvalue weighted by Gasteiger charge is 2.21. The van der Waals surface area contributed by atoms with Gasteiger partial charge in [0.05, 0.1) is 22.3 Å². The number of benzene rings is 5. The van der Waals surface area contributed by atoms with Crippen molar-refractivity contribution in [3.05, 3.63) is 164 Å². The maximum Gasteiger partial charge on any atom is 0.222 e. The first kappa shape index (κ1) is 28.2. The normalized spacial score (nSPS) is 11.2. The van der Waals surface area contributed by atoms with Gasteiger partial charge in [0.1, 0.15) is 0 Å². The second-order valence-electron chi connectivity index (χ2n) is 11.6. The molecule has 47 heavy (non-hydrogen) atoms. The average Bonchev–Trinajstić information content (AvgIpc) is 3.52. The van der Waals surface area contributed by atoms with Crippen molar-refractivity contribution >= 4 is 11.0 Å². The molecule has 0 saturated carbocycles. The van der Waals surface area contributed by atoms with Crippen molar-refractivity contribution in [2.24, 2.45) is 0 Å². The van der Waals surface area contributed by atoms with Gasteiger partial charge in [-0.25, -0.2) is 9.97 Å². The smallest absolute Gasteiger partial charge is 0.222 e. The van der Waals surface area contributed by atoms with Crippen molar-refractivity contribution in [1.82, 2.24) is 19.5 Å². The van der Waals surface area contributed by atoms with Gasteiger partial charge in [0.25, 0.3) is 0 Å². The second-order valence-corrected chi connectivity index (χ2v) is 11.6. The lowest BCUT2D eigenvalue weighted by molar-refractivity contribution is 0.455. The van der Waals surface area contributed by atoms with E-state index < -0.39 is 0 Å². The van der Waals surface area contributed by atoms with Gasteiger partial charge in [-0.1, -0.05) is 91.0 Å². The fourth-order valence-electron chi connectivity index (χ4n) is 6.26. The van der Waals surface area contributed by atoms with Crippen LogP contribution in [0.25, 0.3) is 72.7 Å². The molecule has 5 aromatic carbocycles. The predicted octanol–water partition coefficient (Wildman–Crippen LogP) is 10.2. The first-order chi connectivity index (χ1) is 23.1. The molecule has 0 bridgehead atoms. The van der Waals surface area contributed by atoms with E-state index in [0.717, 1.165) is 66.9 Å². The number of imidazole rings is 1. The van der Waals surface area contributed by atoms with Crippen molar-refractivity contribution in [2.45, 2.75) is 6.92 Å². The minimum absolute atomic E-state index is 0.0606. The molecule has 0 radical (unpaired) electrons. The van der Waals surface area contributed by atoms with E-state index in [1.165, 1.54) is 0 Å². The van der Waals surface area contributed by atoms with Crippen LogP contribution in [0.2, 0.25) is 0 Å². The Bertz CT molecular complexity index is 2370. The largest absolute Gasteiger partial charge is 0.493 e. The van der Waals surface area contributed by atoms with Crippen LogP contribution in [0.4, 0.5) is 0 Å². The number of aryl methyl sites for hydroxylation is 1. The van der Waals surface area contributed by atoms with E-state index in [-0.39, 0.29) is 5.88 Å². The van der Waals surface area contributed by atoms with Gasteiger partial charge < -0.3 is 5.11 Å². The molecule has 0 aliphatic carbocycles. The van der Waals surface area contributed by atoms with E-state index in [1.807, 2.05) is 60.8 Å². The molecule has 8 aromatic rings. The molecule has 224 valence electrons. The van der Waals surface area contributed by atoms with Gasteiger partial charge >= 0.3 is 0 Å². The topological polar surface area (TPSA) is 63.8 Å². The lowest BCUT2D eigenvalue weighted by Gasteiger charge is -2.13. The fraction of sp³-hybridized carbons (Fsp3) is 0.0238. The van der Waals surface area contributed by atoms with Crippen LogP contribution in [0.1, 0.15) is 5.56 Å². The van der Waals surface area contributed by atoms with Crippen LogP contribution in [0.15, 0.2) is 158 Å². The molecule has 8 rings (SSSR count). The molecule has 0 saturated heterocycles. The summed E-state index contributed by atoms with van der Waals surface area (Å²) in [6, 6.07) is 49.7. The highest BCUT2D eigenvalue weighted by Crippen LogP contribution is 2.39. The Balaban J connectivity index is 1.38. The van der Waals surface area contributed by atoms with E-state index in [4.69, 9.17) is 9.97 Å².